The van der Waals surface area contributed by atoms with E-state index in [9.17, 15) is 19.2 Å². The lowest BCUT2D eigenvalue weighted by molar-refractivity contribution is -0.162. The molecule has 1 atom stereocenters. The van der Waals surface area contributed by atoms with Gasteiger partial charge in [0.2, 0.25) is 11.8 Å². The van der Waals surface area contributed by atoms with E-state index in [1.54, 1.807) is 12.2 Å². The molecule has 2 amide bonds. The highest BCUT2D eigenvalue weighted by Gasteiger charge is 2.36. The Bertz CT molecular complexity index is 564. The van der Waals surface area contributed by atoms with Gasteiger partial charge in [-0.15, -0.1) is 0 Å². The molecule has 7 nitrogen and oxygen atoms in total. The van der Waals surface area contributed by atoms with Crippen molar-refractivity contribution in [2.45, 2.75) is 64.8 Å². The van der Waals surface area contributed by atoms with E-state index >= 15 is 0 Å². The number of amides is 2. The van der Waals surface area contributed by atoms with Crippen LogP contribution in [0.25, 0.3) is 0 Å². The van der Waals surface area contributed by atoms with Crippen LogP contribution >= 0.6 is 0 Å². The molecular formula is C21H31NO6. The number of carboxylic acid groups (broad SMARTS) is 1. The van der Waals surface area contributed by atoms with E-state index in [1.165, 1.54) is 6.08 Å². The number of carbonyl (C=O) groups excluding carboxylic acids is 3. The van der Waals surface area contributed by atoms with Crippen molar-refractivity contribution in [1.82, 2.24) is 4.90 Å². The first-order valence-corrected chi connectivity index (χ1v) is 9.53. The lowest BCUT2D eigenvalue weighted by atomic mass is 10.1. The van der Waals surface area contributed by atoms with Gasteiger partial charge in [0.15, 0.2) is 0 Å². The summed E-state index contributed by atoms with van der Waals surface area (Å²) in [7, 11) is 0. The third-order valence-corrected chi connectivity index (χ3v) is 3.66. The summed E-state index contributed by atoms with van der Waals surface area (Å²) in [5.74, 6) is -3.53. The summed E-state index contributed by atoms with van der Waals surface area (Å²) in [6, 6.07) is -1.52. The number of allylic oxidation sites excluding steroid dienone is 2. The third-order valence-electron chi connectivity index (χ3n) is 3.66. The van der Waals surface area contributed by atoms with Gasteiger partial charge in [0, 0.05) is 12.8 Å². The molecule has 0 aromatic heterocycles. The molecule has 0 aliphatic rings. The Morgan fingerprint density at radius 2 is 1.46 bits per heavy atom. The highest BCUT2D eigenvalue weighted by atomic mass is 16.5. The van der Waals surface area contributed by atoms with E-state index in [1.807, 2.05) is 26.0 Å². The summed E-state index contributed by atoms with van der Waals surface area (Å²) in [6.07, 6.45) is 10.6. The van der Waals surface area contributed by atoms with Gasteiger partial charge in [-0.25, -0.2) is 4.79 Å². The van der Waals surface area contributed by atoms with E-state index in [2.05, 4.69) is 6.58 Å². The average molecular weight is 393 g/mol. The zero-order valence-corrected chi connectivity index (χ0v) is 16.8. The molecule has 1 unspecified atom stereocenters. The van der Waals surface area contributed by atoms with Crippen LogP contribution in [0.1, 0.15) is 58.8 Å². The van der Waals surface area contributed by atoms with Crippen LogP contribution in [-0.4, -0.2) is 46.4 Å². The third kappa shape index (κ3) is 10.4. The van der Waals surface area contributed by atoms with Crippen molar-refractivity contribution in [3.63, 3.8) is 0 Å². The number of aliphatic carboxylic acids is 1. The molecular weight excluding hydrogens is 362 g/mol. The number of hydrogen-bond donors (Lipinski definition) is 1. The second-order valence-electron chi connectivity index (χ2n) is 6.12. The van der Waals surface area contributed by atoms with Crippen molar-refractivity contribution < 1.29 is 29.0 Å². The minimum Gasteiger partial charge on any atom is -0.481 e. The molecule has 0 bridgehead atoms. The van der Waals surface area contributed by atoms with Crippen LogP contribution in [0.2, 0.25) is 0 Å². The molecule has 156 valence electrons. The Kier molecular flexibility index (Phi) is 13.9. The predicted octanol–water partition coefficient (Wildman–Crippen LogP) is 3.41. The normalized spacial score (nSPS) is 12.1. The van der Waals surface area contributed by atoms with Gasteiger partial charge in [0.05, 0.1) is 6.42 Å². The maximum atomic E-state index is 12.6. The van der Waals surface area contributed by atoms with Crippen molar-refractivity contribution in [2.24, 2.45) is 0 Å². The topological polar surface area (TPSA) is 101 Å². The van der Waals surface area contributed by atoms with E-state index in [0.717, 1.165) is 30.6 Å². The quantitative estimate of drug-likeness (QED) is 0.358. The first-order chi connectivity index (χ1) is 13.4. The lowest BCUT2D eigenvalue weighted by Gasteiger charge is -2.27. The molecule has 0 aromatic carbocycles. The van der Waals surface area contributed by atoms with Crippen LogP contribution in [0.3, 0.4) is 0 Å². The van der Waals surface area contributed by atoms with Crippen molar-refractivity contribution in [2.75, 3.05) is 6.61 Å². The van der Waals surface area contributed by atoms with Crippen LogP contribution in [-0.2, 0) is 23.9 Å². The largest absolute Gasteiger partial charge is 0.481 e. The summed E-state index contributed by atoms with van der Waals surface area (Å²) < 4.78 is 4.92. The number of ether oxygens (including phenoxy) is 1. The van der Waals surface area contributed by atoms with Crippen LogP contribution in [0.15, 0.2) is 37.0 Å². The Balaban J connectivity index is 5.59. The first-order valence-electron chi connectivity index (χ1n) is 9.53. The van der Waals surface area contributed by atoms with Gasteiger partial charge in [-0.2, -0.15) is 0 Å². The first kappa shape index (κ1) is 25.3. The highest BCUT2D eigenvalue weighted by molar-refractivity contribution is 6.01. The maximum Gasteiger partial charge on any atom is 0.330 e. The molecule has 28 heavy (non-hydrogen) atoms. The molecule has 0 rings (SSSR count). The Hall–Kier alpha value is -2.70. The molecule has 0 fully saturated rings. The molecule has 0 heterocycles. The molecule has 0 saturated carbocycles. The Labute approximate surface area is 166 Å². The smallest absolute Gasteiger partial charge is 0.330 e. The predicted molar refractivity (Wildman–Crippen MR) is 106 cm³/mol. The molecule has 1 N–H and O–H groups in total. The maximum absolute atomic E-state index is 12.6. The zero-order chi connectivity index (χ0) is 21.4. The van der Waals surface area contributed by atoms with Crippen molar-refractivity contribution in [1.29, 1.82) is 0 Å². The summed E-state index contributed by atoms with van der Waals surface area (Å²) in [5, 5.41) is 9.16. The van der Waals surface area contributed by atoms with Gasteiger partial charge in [-0.05, 0) is 12.8 Å². The summed E-state index contributed by atoms with van der Waals surface area (Å²) >= 11 is 0. The summed E-state index contributed by atoms with van der Waals surface area (Å²) in [5.41, 5.74) is 0. The number of rotatable bonds is 14. The van der Waals surface area contributed by atoms with Crippen molar-refractivity contribution >= 4 is 23.8 Å². The fraction of sp³-hybridized carbons (Fsp3) is 0.524. The van der Waals surface area contributed by atoms with E-state index in [0.29, 0.717) is 0 Å². The lowest BCUT2D eigenvalue weighted by Crippen LogP contribution is -2.50. The van der Waals surface area contributed by atoms with Crippen molar-refractivity contribution in [3.8, 4) is 0 Å². The SMILES string of the molecule is C=CCOC(=O)C(CC(=O)O)N(C(=O)C/C=C/CCC)C(=O)C/C=C/CCC. The molecule has 0 aliphatic carbocycles. The fourth-order valence-electron chi connectivity index (χ4n) is 2.30. The Morgan fingerprint density at radius 3 is 1.86 bits per heavy atom. The zero-order valence-electron chi connectivity index (χ0n) is 16.8. The Morgan fingerprint density at radius 1 is 0.964 bits per heavy atom. The van der Waals surface area contributed by atoms with Gasteiger partial charge in [0.1, 0.15) is 12.6 Å². The molecule has 0 aromatic rings. The summed E-state index contributed by atoms with van der Waals surface area (Å²) in [6.45, 7) is 7.26. The van der Waals surface area contributed by atoms with E-state index < -0.39 is 36.2 Å². The highest BCUT2D eigenvalue weighted by Crippen LogP contribution is 2.13. The number of nitrogens with zero attached hydrogens (tertiary/aromatic N) is 1. The average Bonchev–Trinajstić information content (AvgIpc) is 2.65. The standard InChI is InChI=1S/C21H31NO6/c1-4-7-9-11-13-18(23)22(19(24)14-12-10-8-5-2)17(16-20(25)26)21(27)28-15-6-3/h6,9-12,17H,3-5,7-8,13-16H2,1-2H3,(H,25,26)/b11-9+,12-10+. The number of unbranched alkanes of at least 4 members (excludes halogenated alkanes) is 2. The number of carboxylic acids is 1. The van der Waals surface area contributed by atoms with Crippen LogP contribution in [0, 0.1) is 0 Å². The fourth-order valence-corrected chi connectivity index (χ4v) is 2.30. The monoisotopic (exact) mass is 393 g/mol. The number of hydrogen-bond acceptors (Lipinski definition) is 5. The van der Waals surface area contributed by atoms with E-state index in [4.69, 9.17) is 9.84 Å². The molecule has 0 saturated heterocycles. The second kappa shape index (κ2) is 15.4. The van der Waals surface area contributed by atoms with Gasteiger partial charge in [0.25, 0.3) is 0 Å². The van der Waals surface area contributed by atoms with Gasteiger partial charge in [-0.1, -0.05) is 63.6 Å². The molecule has 7 heteroatoms. The minimum atomic E-state index is -1.52. The minimum absolute atomic E-state index is 0.102. The van der Waals surface area contributed by atoms with Gasteiger partial charge >= 0.3 is 11.9 Å². The number of imide groups is 1. The van der Waals surface area contributed by atoms with Crippen LogP contribution < -0.4 is 0 Å². The van der Waals surface area contributed by atoms with Crippen LogP contribution in [0.5, 0.6) is 0 Å². The van der Waals surface area contributed by atoms with Gasteiger partial charge < -0.3 is 9.84 Å². The number of carbonyl (C=O) groups is 4. The molecule has 0 aliphatic heterocycles. The second-order valence-corrected chi connectivity index (χ2v) is 6.12. The summed E-state index contributed by atoms with van der Waals surface area (Å²) in [4.78, 5) is 49.6. The molecule has 0 spiro atoms. The van der Waals surface area contributed by atoms with Gasteiger partial charge in [-0.3, -0.25) is 19.3 Å². The van der Waals surface area contributed by atoms with Crippen molar-refractivity contribution in [3.05, 3.63) is 37.0 Å². The number of esters is 1. The van der Waals surface area contributed by atoms with E-state index in [-0.39, 0.29) is 19.4 Å². The molecule has 0 radical (unpaired) electrons. The van der Waals surface area contributed by atoms with Crippen LogP contribution in [0.4, 0.5) is 0 Å².